The minimum absolute atomic E-state index is 0. The van der Waals surface area contributed by atoms with E-state index in [9.17, 15) is 18.0 Å². The number of rotatable bonds is 5. The molecule has 1 aromatic carbocycles. The number of ether oxygens (including phenoxy) is 1. The van der Waals surface area contributed by atoms with Gasteiger partial charge in [0.15, 0.2) is 6.61 Å². The van der Waals surface area contributed by atoms with E-state index in [1.54, 1.807) is 6.07 Å². The van der Waals surface area contributed by atoms with Gasteiger partial charge in [-0.3, -0.25) is 15.0 Å². The molecular formula is C25H34F3FeN3O2. The van der Waals surface area contributed by atoms with E-state index in [1.165, 1.54) is 39.0 Å². The zero-order chi connectivity index (χ0) is 22.9. The van der Waals surface area contributed by atoms with E-state index < -0.39 is 29.8 Å². The van der Waals surface area contributed by atoms with Gasteiger partial charge in [-0.05, 0) is 31.0 Å². The first kappa shape index (κ1) is 33.9. The van der Waals surface area contributed by atoms with Crippen molar-refractivity contribution < 1.29 is 39.8 Å². The summed E-state index contributed by atoms with van der Waals surface area (Å²) < 4.78 is 44.5. The largest absolute Gasteiger partial charge is 2.00 e. The molecule has 0 spiro atoms. The molecule has 2 aliphatic carbocycles. The summed E-state index contributed by atoms with van der Waals surface area (Å²) in [5, 5.41) is 11.5. The predicted octanol–water partition coefficient (Wildman–Crippen LogP) is 6.75. The fraction of sp³-hybridized carbons (Fsp3) is 0.560. The smallest absolute Gasteiger partial charge is 0.482 e. The Bertz CT molecular complexity index is 832. The van der Waals surface area contributed by atoms with Crippen LogP contribution in [0, 0.1) is 38.7 Å². The Morgan fingerprint density at radius 1 is 1.15 bits per heavy atom. The van der Waals surface area contributed by atoms with Crippen LogP contribution in [-0.4, -0.2) is 18.2 Å². The van der Waals surface area contributed by atoms with Gasteiger partial charge >= 0.3 is 28.9 Å². The van der Waals surface area contributed by atoms with Crippen LogP contribution in [0.5, 0.6) is 5.75 Å². The minimum atomic E-state index is -4.66. The summed E-state index contributed by atoms with van der Waals surface area (Å²) in [5.41, 5.74) is -2.52. The maximum absolute atomic E-state index is 13.1. The van der Waals surface area contributed by atoms with Gasteiger partial charge in [0.25, 0.3) is 0 Å². The van der Waals surface area contributed by atoms with E-state index in [-0.39, 0.29) is 49.3 Å². The van der Waals surface area contributed by atoms with Crippen molar-refractivity contribution in [1.82, 2.24) is 5.32 Å². The van der Waals surface area contributed by atoms with Crippen molar-refractivity contribution in [2.24, 2.45) is 5.92 Å². The van der Waals surface area contributed by atoms with Gasteiger partial charge in [-0.2, -0.15) is 18.4 Å². The zero-order valence-corrected chi connectivity index (χ0v) is 21.2. The van der Waals surface area contributed by atoms with E-state index in [0.717, 1.165) is 43.9 Å². The number of carbonyl (C=O) groups is 1. The molecule has 2 saturated carbocycles. The van der Waals surface area contributed by atoms with Gasteiger partial charge in [0.05, 0.1) is 17.2 Å². The van der Waals surface area contributed by atoms with Crippen molar-refractivity contribution in [3.05, 3.63) is 55.6 Å². The van der Waals surface area contributed by atoms with E-state index in [2.05, 4.69) is 10.2 Å². The number of alkyl halides is 3. The SMILES string of the molecule is C1CCCC1.[C-]#[N+]C(C)(COc1cc(C#N)ccc1C(F)(F)F)NC(=O)C1CCCC1.[CH3-].[CH3-].[Fe+2]. The van der Waals surface area contributed by atoms with Crippen molar-refractivity contribution in [2.75, 3.05) is 6.61 Å². The monoisotopic (exact) mass is 521 g/mol. The number of amides is 1. The first-order valence-corrected chi connectivity index (χ1v) is 10.6. The Morgan fingerprint density at radius 2 is 1.68 bits per heavy atom. The summed E-state index contributed by atoms with van der Waals surface area (Å²) in [7, 11) is 0. The first-order chi connectivity index (χ1) is 14.7. The molecule has 1 aromatic rings. The molecule has 34 heavy (non-hydrogen) atoms. The van der Waals surface area contributed by atoms with Gasteiger partial charge in [-0.1, -0.05) is 44.9 Å². The number of nitrogens with one attached hydrogen (secondary N) is 1. The molecule has 1 N–H and O–H groups in total. The Kier molecular flexibility index (Phi) is 15.6. The van der Waals surface area contributed by atoms with Crippen LogP contribution in [0.2, 0.25) is 0 Å². The molecule has 0 heterocycles. The number of nitriles is 1. The Balaban J connectivity index is 0. The maximum Gasteiger partial charge on any atom is 2.00 e. The number of benzene rings is 1. The van der Waals surface area contributed by atoms with Crippen LogP contribution in [0.3, 0.4) is 0 Å². The van der Waals surface area contributed by atoms with Gasteiger partial charge in [0.2, 0.25) is 5.91 Å². The molecule has 0 aromatic heterocycles. The molecule has 0 radical (unpaired) electrons. The zero-order valence-electron chi connectivity index (χ0n) is 20.1. The summed E-state index contributed by atoms with van der Waals surface area (Å²) in [6.07, 6.45) is 6.20. The third-order valence-electron chi connectivity index (χ3n) is 5.54. The standard InChI is InChI=1S/C18H18F3N3O2.C5H10.2CH3.Fe/c1-17(23-2,24-16(25)13-5-3-4-6-13)11-26-15-9-12(10-22)7-8-14(15)18(19,20)21;1-2-4-5-3-1;;;/h7-9,13H,3-6,11H2,1H3,(H,24,25);1-5H2;2*1H3;/q;;2*-1;+2. The summed E-state index contributed by atoms with van der Waals surface area (Å²) in [6, 6.07) is 4.54. The Labute approximate surface area is 212 Å². The second-order valence-corrected chi connectivity index (χ2v) is 8.23. The van der Waals surface area contributed by atoms with Crippen LogP contribution in [0.15, 0.2) is 18.2 Å². The fourth-order valence-electron chi connectivity index (χ4n) is 3.70. The van der Waals surface area contributed by atoms with E-state index in [4.69, 9.17) is 16.6 Å². The molecule has 0 bridgehead atoms. The summed E-state index contributed by atoms with van der Waals surface area (Å²) in [6.45, 7) is 8.23. The van der Waals surface area contributed by atoms with E-state index in [0.29, 0.717) is 0 Å². The summed E-state index contributed by atoms with van der Waals surface area (Å²) in [4.78, 5) is 15.6. The second kappa shape index (κ2) is 15.6. The topological polar surface area (TPSA) is 66.5 Å². The van der Waals surface area contributed by atoms with Crippen LogP contribution in [0.4, 0.5) is 13.2 Å². The first-order valence-electron chi connectivity index (χ1n) is 10.6. The van der Waals surface area contributed by atoms with Crippen LogP contribution in [-0.2, 0) is 28.0 Å². The van der Waals surface area contributed by atoms with Crippen molar-refractivity contribution >= 4 is 5.91 Å². The number of nitrogens with zero attached hydrogens (tertiary/aromatic N) is 2. The van der Waals surface area contributed by atoms with Crippen molar-refractivity contribution in [3.8, 4) is 11.8 Å². The Morgan fingerprint density at radius 3 is 2.12 bits per heavy atom. The molecule has 5 nitrogen and oxygen atoms in total. The number of carbonyl (C=O) groups excluding carboxylic acids is 1. The molecule has 1 amide bonds. The van der Waals surface area contributed by atoms with Gasteiger partial charge < -0.3 is 19.6 Å². The third kappa shape index (κ3) is 10.4. The van der Waals surface area contributed by atoms with Crippen LogP contribution < -0.4 is 10.1 Å². The second-order valence-electron chi connectivity index (χ2n) is 8.23. The molecule has 1 unspecified atom stereocenters. The van der Waals surface area contributed by atoms with Crippen molar-refractivity contribution in [3.63, 3.8) is 0 Å². The molecule has 2 aliphatic rings. The van der Waals surface area contributed by atoms with Gasteiger partial charge in [-0.15, -0.1) is 0 Å². The number of hydrogen-bond acceptors (Lipinski definition) is 3. The quantitative estimate of drug-likeness (QED) is 0.345. The molecule has 9 heteroatoms. The average molecular weight is 521 g/mol. The molecule has 2 fully saturated rings. The minimum Gasteiger partial charge on any atom is -0.482 e. The number of hydrogen-bond donors (Lipinski definition) is 1. The molecule has 3 rings (SSSR count). The molecule has 190 valence electrons. The number of halogens is 3. The third-order valence-corrected chi connectivity index (χ3v) is 5.54. The average Bonchev–Trinajstić information content (AvgIpc) is 3.48. The molecule has 0 saturated heterocycles. The van der Waals surface area contributed by atoms with E-state index in [1.807, 2.05) is 0 Å². The van der Waals surface area contributed by atoms with E-state index >= 15 is 0 Å². The molecule has 1 atom stereocenters. The summed E-state index contributed by atoms with van der Waals surface area (Å²) in [5.74, 6) is -1.00. The van der Waals surface area contributed by atoms with Crippen LogP contribution in [0.25, 0.3) is 4.85 Å². The van der Waals surface area contributed by atoms with Gasteiger partial charge in [0.1, 0.15) is 5.75 Å². The molecular weight excluding hydrogens is 487 g/mol. The van der Waals surface area contributed by atoms with Crippen molar-refractivity contribution in [2.45, 2.75) is 76.6 Å². The predicted molar refractivity (Wildman–Crippen MR) is 123 cm³/mol. The van der Waals surface area contributed by atoms with Crippen LogP contribution >= 0.6 is 0 Å². The maximum atomic E-state index is 13.1. The van der Waals surface area contributed by atoms with Gasteiger partial charge in [0, 0.05) is 12.8 Å². The molecule has 0 aliphatic heterocycles. The Hall–Kier alpha value is -2.22. The normalized spacial score (nSPS) is 16.5. The summed E-state index contributed by atoms with van der Waals surface area (Å²) >= 11 is 0. The van der Waals surface area contributed by atoms with Crippen molar-refractivity contribution in [1.29, 1.82) is 5.26 Å². The van der Waals surface area contributed by atoms with Gasteiger partial charge in [-0.25, -0.2) is 6.57 Å². The fourth-order valence-corrected chi connectivity index (χ4v) is 3.70. The van der Waals surface area contributed by atoms with Crippen LogP contribution in [0.1, 0.15) is 75.8 Å².